The van der Waals surface area contributed by atoms with E-state index in [9.17, 15) is 14.7 Å². The third-order valence-electron chi connectivity index (χ3n) is 6.70. The molecule has 0 bridgehead atoms. The minimum absolute atomic E-state index is 0.131. The van der Waals surface area contributed by atoms with Crippen molar-refractivity contribution < 1.29 is 19.4 Å². The van der Waals surface area contributed by atoms with Crippen molar-refractivity contribution in [2.75, 3.05) is 6.61 Å². The molecule has 3 rings (SSSR count). The maximum atomic E-state index is 13.0. The maximum Gasteiger partial charge on any atom is 0.258 e. The van der Waals surface area contributed by atoms with E-state index in [4.69, 9.17) is 4.74 Å². The number of para-hydroxylation sites is 1. The molecule has 0 heterocycles. The summed E-state index contributed by atoms with van der Waals surface area (Å²) in [7, 11) is 0. The number of rotatable bonds is 11. The van der Waals surface area contributed by atoms with Gasteiger partial charge in [-0.3, -0.25) is 9.59 Å². The number of carbonyl (C=O) groups excluding carboxylic acids is 2. The third-order valence-corrected chi connectivity index (χ3v) is 6.70. The summed E-state index contributed by atoms with van der Waals surface area (Å²) < 4.78 is 5.85. The first-order chi connectivity index (χ1) is 18.4. The van der Waals surface area contributed by atoms with Crippen molar-refractivity contribution in [1.82, 2.24) is 10.6 Å². The van der Waals surface area contributed by atoms with Crippen LogP contribution in [-0.4, -0.2) is 41.2 Å². The molecule has 2 amide bonds. The molecule has 3 aromatic carbocycles. The molecule has 0 saturated carbocycles. The van der Waals surface area contributed by atoms with Crippen LogP contribution in [-0.2, 0) is 17.6 Å². The summed E-state index contributed by atoms with van der Waals surface area (Å²) in [4.78, 5) is 25.9. The minimum atomic E-state index is -0.826. The molecule has 2 unspecified atom stereocenters. The minimum Gasteiger partial charge on any atom is -0.483 e. The number of aliphatic hydroxyl groups is 1. The maximum absolute atomic E-state index is 13.0. The van der Waals surface area contributed by atoms with E-state index in [0.717, 1.165) is 27.8 Å². The van der Waals surface area contributed by atoms with Gasteiger partial charge in [-0.25, -0.2) is 0 Å². The zero-order chi connectivity index (χ0) is 28.6. The second-order valence-corrected chi connectivity index (χ2v) is 11.3. The fraction of sp³-hybridized carbons (Fsp3) is 0.394. The van der Waals surface area contributed by atoms with Crippen molar-refractivity contribution in [3.8, 4) is 5.75 Å². The normalized spacial score (nSPS) is 12.9. The number of hydrogen-bond donors (Lipinski definition) is 3. The molecular weight excluding hydrogens is 488 g/mol. The van der Waals surface area contributed by atoms with E-state index in [1.54, 1.807) is 0 Å². The van der Waals surface area contributed by atoms with E-state index in [1.807, 2.05) is 108 Å². The highest BCUT2D eigenvalue weighted by Crippen LogP contribution is 2.23. The number of aryl methyl sites for hydroxylation is 3. The Morgan fingerprint density at radius 1 is 0.872 bits per heavy atom. The monoisotopic (exact) mass is 530 g/mol. The van der Waals surface area contributed by atoms with Gasteiger partial charge in [-0.05, 0) is 94.7 Å². The Balaban J connectivity index is 1.73. The van der Waals surface area contributed by atoms with Crippen LogP contribution < -0.4 is 15.4 Å². The van der Waals surface area contributed by atoms with Gasteiger partial charge in [-0.1, -0.05) is 60.7 Å². The zero-order valence-electron chi connectivity index (χ0n) is 24.0. The summed E-state index contributed by atoms with van der Waals surface area (Å²) in [6.07, 6.45) is 0.534. The average molecular weight is 531 g/mol. The molecule has 0 aliphatic heterocycles. The first kappa shape index (κ1) is 29.9. The van der Waals surface area contributed by atoms with E-state index >= 15 is 0 Å². The van der Waals surface area contributed by atoms with Gasteiger partial charge >= 0.3 is 0 Å². The lowest BCUT2D eigenvalue weighted by atomic mass is 9.92. The number of ether oxygens (including phenoxy) is 1. The number of benzene rings is 3. The van der Waals surface area contributed by atoms with Gasteiger partial charge in [0.05, 0.1) is 12.1 Å². The van der Waals surface area contributed by atoms with E-state index < -0.39 is 12.1 Å². The highest BCUT2D eigenvalue weighted by atomic mass is 16.5. The van der Waals surface area contributed by atoms with E-state index in [0.29, 0.717) is 30.6 Å². The van der Waals surface area contributed by atoms with Gasteiger partial charge in [0, 0.05) is 11.1 Å². The SMILES string of the molecule is Cc1cccc(C(=O)NC(C)(C)C)c1CCC(O)C(Cc1ccccc1)NC(=O)COc1c(C)cccc1C. The molecular formula is C33H42N2O4. The van der Waals surface area contributed by atoms with Crippen LogP contribution in [0, 0.1) is 20.8 Å². The van der Waals surface area contributed by atoms with Crippen LogP contribution in [0.15, 0.2) is 66.7 Å². The van der Waals surface area contributed by atoms with Gasteiger partial charge in [0.1, 0.15) is 5.75 Å². The van der Waals surface area contributed by atoms with Crippen molar-refractivity contribution in [3.05, 3.63) is 100 Å². The van der Waals surface area contributed by atoms with Crippen molar-refractivity contribution in [3.63, 3.8) is 0 Å². The zero-order valence-corrected chi connectivity index (χ0v) is 24.0. The number of amides is 2. The van der Waals surface area contributed by atoms with Crippen LogP contribution in [0.5, 0.6) is 5.75 Å². The lowest BCUT2D eigenvalue weighted by Crippen LogP contribution is -2.46. The van der Waals surface area contributed by atoms with E-state index in [2.05, 4.69) is 10.6 Å². The predicted molar refractivity (Wildman–Crippen MR) is 156 cm³/mol. The highest BCUT2D eigenvalue weighted by Gasteiger charge is 2.24. The Morgan fingerprint density at radius 2 is 1.49 bits per heavy atom. The van der Waals surface area contributed by atoms with Gasteiger partial charge < -0.3 is 20.5 Å². The van der Waals surface area contributed by atoms with E-state index in [-0.39, 0.29) is 24.0 Å². The third kappa shape index (κ3) is 8.96. The average Bonchev–Trinajstić information content (AvgIpc) is 2.86. The largest absolute Gasteiger partial charge is 0.483 e. The topological polar surface area (TPSA) is 87.7 Å². The molecule has 0 spiro atoms. The van der Waals surface area contributed by atoms with Crippen LogP contribution >= 0.6 is 0 Å². The van der Waals surface area contributed by atoms with Crippen molar-refractivity contribution in [2.45, 2.75) is 78.5 Å². The van der Waals surface area contributed by atoms with Crippen molar-refractivity contribution >= 4 is 11.8 Å². The predicted octanol–water partition coefficient (Wildman–Crippen LogP) is 5.24. The molecule has 0 aliphatic rings. The summed E-state index contributed by atoms with van der Waals surface area (Å²) >= 11 is 0. The number of nitrogens with one attached hydrogen (secondary N) is 2. The van der Waals surface area contributed by atoms with Crippen LogP contribution in [0.2, 0.25) is 0 Å². The Hall–Kier alpha value is -3.64. The lowest BCUT2D eigenvalue weighted by Gasteiger charge is -2.26. The number of hydrogen-bond acceptors (Lipinski definition) is 4. The van der Waals surface area contributed by atoms with Gasteiger partial charge in [0.2, 0.25) is 0 Å². The Morgan fingerprint density at radius 3 is 2.13 bits per heavy atom. The van der Waals surface area contributed by atoms with Crippen LogP contribution in [0.3, 0.4) is 0 Å². The van der Waals surface area contributed by atoms with Gasteiger partial charge in [-0.15, -0.1) is 0 Å². The standard InChI is InChI=1S/C33H42N2O4/c1-22-12-11-17-27(32(38)35-33(4,5)6)26(22)18-19-29(36)28(20-25-15-8-7-9-16-25)34-30(37)21-39-31-23(2)13-10-14-24(31)3/h7-17,28-29,36H,18-21H2,1-6H3,(H,34,37)(H,35,38). The number of carbonyl (C=O) groups is 2. The molecule has 3 N–H and O–H groups in total. The summed E-state index contributed by atoms with van der Waals surface area (Å²) in [6.45, 7) is 11.6. The molecule has 3 aromatic rings. The number of aliphatic hydroxyl groups excluding tert-OH is 1. The smallest absolute Gasteiger partial charge is 0.258 e. The Labute approximate surface area is 232 Å². The molecule has 0 fully saturated rings. The Bertz CT molecular complexity index is 1240. The first-order valence-electron chi connectivity index (χ1n) is 13.6. The fourth-order valence-electron chi connectivity index (χ4n) is 4.71. The first-order valence-corrected chi connectivity index (χ1v) is 13.6. The second kappa shape index (κ2) is 13.4. The highest BCUT2D eigenvalue weighted by molar-refractivity contribution is 5.96. The summed E-state index contributed by atoms with van der Waals surface area (Å²) in [5, 5.41) is 17.3. The molecule has 0 saturated heterocycles. The molecule has 6 heteroatoms. The van der Waals surface area contributed by atoms with E-state index in [1.165, 1.54) is 0 Å². The molecule has 0 radical (unpaired) electrons. The molecule has 0 aromatic heterocycles. The summed E-state index contributed by atoms with van der Waals surface area (Å²) in [5.41, 5.74) is 5.10. The van der Waals surface area contributed by atoms with Crippen LogP contribution in [0.25, 0.3) is 0 Å². The molecule has 208 valence electrons. The fourth-order valence-corrected chi connectivity index (χ4v) is 4.71. The quantitative estimate of drug-likeness (QED) is 0.316. The summed E-state index contributed by atoms with van der Waals surface area (Å²) in [5.74, 6) is 0.278. The second-order valence-electron chi connectivity index (χ2n) is 11.3. The van der Waals surface area contributed by atoms with Crippen molar-refractivity contribution in [2.24, 2.45) is 0 Å². The van der Waals surface area contributed by atoms with Crippen molar-refractivity contribution in [1.29, 1.82) is 0 Å². The Kier molecular flexibility index (Phi) is 10.3. The lowest BCUT2D eigenvalue weighted by molar-refractivity contribution is -0.124. The molecule has 0 aliphatic carbocycles. The van der Waals surface area contributed by atoms with Gasteiger partial charge in [-0.2, -0.15) is 0 Å². The molecule has 6 nitrogen and oxygen atoms in total. The molecule has 2 atom stereocenters. The van der Waals surface area contributed by atoms with Gasteiger partial charge in [0.15, 0.2) is 6.61 Å². The van der Waals surface area contributed by atoms with Crippen LogP contribution in [0.1, 0.15) is 65.4 Å². The van der Waals surface area contributed by atoms with Gasteiger partial charge in [0.25, 0.3) is 11.8 Å². The van der Waals surface area contributed by atoms with Crippen LogP contribution in [0.4, 0.5) is 0 Å². The molecule has 39 heavy (non-hydrogen) atoms. The summed E-state index contributed by atoms with van der Waals surface area (Å²) in [6, 6.07) is 20.8.